The molecule has 2 fully saturated rings. The second-order valence-electron chi connectivity index (χ2n) is 8.71. The zero-order valence-corrected chi connectivity index (χ0v) is 18.4. The minimum Gasteiger partial charge on any atom is -0.320 e. The molecule has 180 valence electrons. The van der Waals surface area contributed by atoms with Gasteiger partial charge >= 0.3 is 6.18 Å². The summed E-state index contributed by atoms with van der Waals surface area (Å²) in [6.07, 6.45) is -2.27. The minimum absolute atomic E-state index is 0.00747. The molecule has 2 atom stereocenters. The van der Waals surface area contributed by atoms with Gasteiger partial charge in [-0.2, -0.15) is 18.3 Å². The lowest BCUT2D eigenvalue weighted by molar-refractivity contribution is -0.138. The Hall–Kier alpha value is -2.57. The van der Waals surface area contributed by atoms with Crippen molar-refractivity contribution in [1.29, 1.82) is 4.78 Å². The molecule has 7 nitrogen and oxygen atoms in total. The molecule has 2 aromatic heterocycles. The van der Waals surface area contributed by atoms with Crippen molar-refractivity contribution in [1.82, 2.24) is 14.8 Å². The van der Waals surface area contributed by atoms with Gasteiger partial charge in [-0.25, -0.2) is 22.8 Å². The highest BCUT2D eigenvalue weighted by molar-refractivity contribution is 7.91. The van der Waals surface area contributed by atoms with Crippen LogP contribution in [0.2, 0.25) is 0 Å². The Kier molecular flexibility index (Phi) is 5.74. The molecule has 0 spiro atoms. The number of pyridine rings is 1. The van der Waals surface area contributed by atoms with E-state index in [0.29, 0.717) is 12.8 Å². The fourth-order valence-electron chi connectivity index (χ4n) is 4.10. The topological polar surface area (TPSA) is 101 Å². The first kappa shape index (κ1) is 23.6. The summed E-state index contributed by atoms with van der Waals surface area (Å²) in [5.41, 5.74) is -2.12. The van der Waals surface area contributed by atoms with Gasteiger partial charge < -0.3 is 5.32 Å². The summed E-state index contributed by atoms with van der Waals surface area (Å²) >= 11 is 0. The molecule has 2 heterocycles. The molecule has 2 aliphatic rings. The number of hydrogen-bond acceptors (Lipinski definition) is 5. The van der Waals surface area contributed by atoms with Crippen LogP contribution in [0.25, 0.3) is 0 Å². The van der Waals surface area contributed by atoms with Crippen molar-refractivity contribution in [3.8, 4) is 0 Å². The highest BCUT2D eigenvalue weighted by Crippen LogP contribution is 2.47. The zero-order chi connectivity index (χ0) is 24.2. The summed E-state index contributed by atoms with van der Waals surface area (Å²) in [4.78, 5) is 16.9. The van der Waals surface area contributed by atoms with Crippen LogP contribution in [0.5, 0.6) is 0 Å². The lowest BCUT2D eigenvalue weighted by Crippen LogP contribution is -2.24. The van der Waals surface area contributed by atoms with Crippen LogP contribution in [0.3, 0.4) is 0 Å². The Labute approximate surface area is 186 Å². The average Bonchev–Trinajstić information content (AvgIpc) is 3.37. The maximum absolute atomic E-state index is 14.0. The predicted molar refractivity (Wildman–Crippen MR) is 109 cm³/mol. The number of rotatable bonds is 6. The van der Waals surface area contributed by atoms with E-state index >= 15 is 0 Å². The quantitative estimate of drug-likeness (QED) is 0.562. The van der Waals surface area contributed by atoms with Crippen molar-refractivity contribution < 1.29 is 31.0 Å². The predicted octanol–water partition coefficient (Wildman–Crippen LogP) is 4.90. The molecule has 13 heteroatoms. The first-order chi connectivity index (χ1) is 15.2. The van der Waals surface area contributed by atoms with E-state index in [9.17, 15) is 31.0 Å². The molecule has 0 bridgehead atoms. The fourth-order valence-corrected chi connectivity index (χ4v) is 4.71. The van der Waals surface area contributed by atoms with Gasteiger partial charge in [-0.3, -0.25) is 9.48 Å². The molecule has 4 rings (SSSR count). The highest BCUT2D eigenvalue weighted by Gasteiger charge is 2.47. The lowest BCUT2D eigenvalue weighted by atomic mass is 10.1. The average molecular weight is 491 g/mol. The number of nitrogens with one attached hydrogen (secondary N) is 2. The first-order valence-electron chi connectivity index (χ1n) is 10.3. The third-order valence-electron chi connectivity index (χ3n) is 5.77. The van der Waals surface area contributed by atoms with Crippen LogP contribution in [0.1, 0.15) is 59.8 Å². The SMILES string of the molecule is CS(=N)(=O)c1cc(NC(=O)c2c(C(F)(F)F)c(C3CC3)nn2C[C@@H]2CCC(F)(F)C2)ccn1. The van der Waals surface area contributed by atoms with Crippen LogP contribution in [0.15, 0.2) is 23.4 Å². The molecule has 1 unspecified atom stereocenters. The Morgan fingerprint density at radius 1 is 1.33 bits per heavy atom. The van der Waals surface area contributed by atoms with Crippen molar-refractivity contribution >= 4 is 21.3 Å². The van der Waals surface area contributed by atoms with E-state index in [1.807, 2.05) is 0 Å². The van der Waals surface area contributed by atoms with Gasteiger partial charge in [0.25, 0.3) is 5.91 Å². The van der Waals surface area contributed by atoms with Crippen LogP contribution in [-0.4, -0.2) is 37.1 Å². The summed E-state index contributed by atoms with van der Waals surface area (Å²) < 4.78 is 89.9. The maximum Gasteiger partial charge on any atom is 0.420 e. The summed E-state index contributed by atoms with van der Waals surface area (Å²) in [5, 5.41) is 6.27. The molecular weight excluding hydrogens is 469 g/mol. The van der Waals surface area contributed by atoms with E-state index in [2.05, 4.69) is 15.4 Å². The van der Waals surface area contributed by atoms with Crippen molar-refractivity contribution in [2.45, 2.75) is 61.7 Å². The Bertz CT molecular complexity index is 1190. The van der Waals surface area contributed by atoms with Crippen LogP contribution in [0.4, 0.5) is 27.6 Å². The van der Waals surface area contributed by atoms with Gasteiger partial charge in [0.15, 0.2) is 0 Å². The molecular formula is C20H22F5N5O2S. The first-order valence-corrected chi connectivity index (χ1v) is 12.3. The number of carbonyl (C=O) groups is 1. The molecule has 0 aromatic carbocycles. The molecule has 0 saturated heterocycles. The van der Waals surface area contributed by atoms with E-state index in [1.54, 1.807) is 0 Å². The normalized spacial score (nSPS) is 22.2. The number of halogens is 5. The molecule has 0 aliphatic heterocycles. The van der Waals surface area contributed by atoms with Crippen LogP contribution >= 0.6 is 0 Å². The van der Waals surface area contributed by atoms with Gasteiger partial charge in [0.2, 0.25) is 5.92 Å². The Morgan fingerprint density at radius 3 is 2.58 bits per heavy atom. The molecule has 2 saturated carbocycles. The number of hydrogen-bond donors (Lipinski definition) is 2. The second kappa shape index (κ2) is 8.03. The molecule has 2 aliphatic carbocycles. The summed E-state index contributed by atoms with van der Waals surface area (Å²) in [6.45, 7) is -0.231. The molecule has 2 aromatic rings. The van der Waals surface area contributed by atoms with E-state index < -0.39 is 57.2 Å². The summed E-state index contributed by atoms with van der Waals surface area (Å²) in [7, 11) is -3.22. The summed E-state index contributed by atoms with van der Waals surface area (Å²) in [6, 6.07) is 2.44. The third-order valence-corrected chi connectivity index (χ3v) is 6.79. The number of aromatic nitrogens is 3. The number of carbonyl (C=O) groups excluding carboxylic acids is 1. The number of amides is 1. The van der Waals surface area contributed by atoms with Crippen molar-refractivity contribution in [3.63, 3.8) is 0 Å². The maximum atomic E-state index is 14.0. The Balaban J connectivity index is 1.73. The fraction of sp³-hybridized carbons (Fsp3) is 0.550. The van der Waals surface area contributed by atoms with E-state index in [0.717, 1.165) is 17.0 Å². The van der Waals surface area contributed by atoms with Crippen molar-refractivity contribution in [3.05, 3.63) is 35.3 Å². The van der Waals surface area contributed by atoms with Gasteiger partial charge in [0, 0.05) is 43.4 Å². The number of nitrogens with zero attached hydrogens (tertiary/aromatic N) is 3. The highest BCUT2D eigenvalue weighted by atomic mass is 32.2. The van der Waals surface area contributed by atoms with Gasteiger partial charge in [-0.05, 0) is 37.3 Å². The monoisotopic (exact) mass is 491 g/mol. The standard InChI is InChI=1S/C20H22F5N5O2S/c1-33(26,32)14-8-13(5-7-27-14)28-18(31)17-15(20(23,24)25)16(12-2-3-12)29-30(17)10-11-4-6-19(21,22)9-11/h5,7-8,11-12,26H,2-4,6,9-10H2,1H3,(H,27,28,31)/t11-,33?/m1/s1. The molecule has 33 heavy (non-hydrogen) atoms. The lowest BCUT2D eigenvalue weighted by Gasteiger charge is -2.15. The van der Waals surface area contributed by atoms with Crippen molar-refractivity contribution in [2.75, 3.05) is 11.6 Å². The van der Waals surface area contributed by atoms with Crippen LogP contribution < -0.4 is 5.32 Å². The van der Waals surface area contributed by atoms with Gasteiger partial charge in [0.1, 0.15) is 16.3 Å². The Morgan fingerprint density at radius 2 is 2.03 bits per heavy atom. The third kappa shape index (κ3) is 5.17. The zero-order valence-electron chi connectivity index (χ0n) is 17.6. The molecule has 2 N–H and O–H groups in total. The van der Waals surface area contributed by atoms with Crippen molar-refractivity contribution in [2.24, 2.45) is 5.92 Å². The van der Waals surface area contributed by atoms with E-state index in [4.69, 9.17) is 4.78 Å². The minimum atomic E-state index is -4.87. The van der Waals surface area contributed by atoms with E-state index in [-0.39, 0.29) is 35.8 Å². The van der Waals surface area contributed by atoms with Crippen LogP contribution in [0, 0.1) is 10.7 Å². The van der Waals surface area contributed by atoms with Crippen LogP contribution in [-0.2, 0) is 22.5 Å². The number of alkyl halides is 5. The summed E-state index contributed by atoms with van der Waals surface area (Å²) in [5.74, 6) is -5.04. The smallest absolute Gasteiger partial charge is 0.320 e. The molecule has 1 amide bonds. The van der Waals surface area contributed by atoms with Gasteiger partial charge in [0.05, 0.1) is 15.4 Å². The second-order valence-corrected chi connectivity index (χ2v) is 10.8. The van der Waals surface area contributed by atoms with Gasteiger partial charge in [-0.1, -0.05) is 0 Å². The van der Waals surface area contributed by atoms with E-state index in [1.165, 1.54) is 12.3 Å². The largest absolute Gasteiger partial charge is 0.420 e. The van der Waals surface area contributed by atoms with Gasteiger partial charge in [-0.15, -0.1) is 0 Å². The molecule has 0 radical (unpaired) electrons. The number of anilines is 1.